The molecule has 0 spiro atoms. The molecule has 1 amide bonds. The van der Waals surface area contributed by atoms with Crippen molar-refractivity contribution >= 4 is 28.9 Å². The second-order valence-electron chi connectivity index (χ2n) is 6.66. The summed E-state index contributed by atoms with van der Waals surface area (Å²) in [5, 5.41) is 6.73. The highest BCUT2D eigenvalue weighted by molar-refractivity contribution is 6.33. The van der Waals surface area contributed by atoms with Gasteiger partial charge in [0.2, 0.25) is 5.91 Å². The van der Waals surface area contributed by atoms with Gasteiger partial charge in [0.25, 0.3) is 5.56 Å². The summed E-state index contributed by atoms with van der Waals surface area (Å²) in [4.78, 5) is 28.0. The Hall–Kier alpha value is -2.79. The minimum Gasteiger partial charge on any atom is -0.406 e. The first-order valence-corrected chi connectivity index (χ1v) is 9.35. The highest BCUT2D eigenvalue weighted by Crippen LogP contribution is 2.24. The third-order valence-electron chi connectivity index (χ3n) is 4.51. The van der Waals surface area contributed by atoms with Crippen LogP contribution >= 0.6 is 11.6 Å². The normalized spacial score (nSPS) is 15.2. The molecule has 0 atom stereocenters. The molecule has 162 valence electrons. The summed E-state index contributed by atoms with van der Waals surface area (Å²) in [7, 11) is 1.52. The number of halogens is 4. The van der Waals surface area contributed by atoms with Crippen LogP contribution in [0.2, 0.25) is 5.02 Å². The van der Waals surface area contributed by atoms with E-state index in [2.05, 4.69) is 15.2 Å². The maximum absolute atomic E-state index is 12.2. The van der Waals surface area contributed by atoms with Crippen molar-refractivity contribution in [1.82, 2.24) is 14.7 Å². The average molecular weight is 446 g/mol. The van der Waals surface area contributed by atoms with E-state index in [0.29, 0.717) is 37.6 Å². The Bertz CT molecular complexity index is 957. The third kappa shape index (κ3) is 5.63. The summed E-state index contributed by atoms with van der Waals surface area (Å²) < 4.78 is 41.5. The molecule has 1 aromatic heterocycles. The van der Waals surface area contributed by atoms with Crippen molar-refractivity contribution < 1.29 is 22.7 Å². The minimum atomic E-state index is -4.76. The fraction of sp³-hybridized carbons (Fsp3) is 0.389. The van der Waals surface area contributed by atoms with E-state index in [0.717, 1.165) is 16.8 Å². The van der Waals surface area contributed by atoms with Crippen LogP contribution in [0.4, 0.5) is 24.5 Å². The Kier molecular flexibility index (Phi) is 6.52. The highest BCUT2D eigenvalue weighted by atomic mass is 35.5. The molecule has 0 radical (unpaired) electrons. The summed E-state index contributed by atoms with van der Waals surface area (Å²) in [5.74, 6) is -0.651. The predicted molar refractivity (Wildman–Crippen MR) is 105 cm³/mol. The van der Waals surface area contributed by atoms with E-state index in [-0.39, 0.29) is 28.8 Å². The molecule has 1 N–H and O–H groups in total. The second-order valence-corrected chi connectivity index (χ2v) is 7.03. The number of rotatable bonds is 5. The van der Waals surface area contributed by atoms with E-state index in [4.69, 9.17) is 11.6 Å². The molecule has 1 saturated heterocycles. The van der Waals surface area contributed by atoms with Crippen LogP contribution in [0.25, 0.3) is 0 Å². The Labute approximate surface area is 174 Å². The van der Waals surface area contributed by atoms with E-state index in [1.165, 1.54) is 25.4 Å². The van der Waals surface area contributed by atoms with Gasteiger partial charge in [-0.15, -0.1) is 13.2 Å². The average Bonchev–Trinajstić information content (AvgIpc) is 2.67. The van der Waals surface area contributed by atoms with Crippen molar-refractivity contribution in [2.24, 2.45) is 7.05 Å². The molecule has 2 aromatic rings. The Morgan fingerprint density at radius 3 is 2.43 bits per heavy atom. The lowest BCUT2D eigenvalue weighted by molar-refractivity contribution is -0.274. The van der Waals surface area contributed by atoms with Crippen molar-refractivity contribution in [3.63, 3.8) is 0 Å². The van der Waals surface area contributed by atoms with Crippen LogP contribution in [-0.4, -0.2) is 59.7 Å². The smallest absolute Gasteiger partial charge is 0.406 e. The summed E-state index contributed by atoms with van der Waals surface area (Å²) in [6.07, 6.45) is -3.22. The molecule has 1 aliphatic rings. The molecular weight excluding hydrogens is 427 g/mol. The van der Waals surface area contributed by atoms with Crippen molar-refractivity contribution in [3.8, 4) is 5.75 Å². The maximum atomic E-state index is 12.2. The number of carbonyl (C=O) groups excluding carboxylic acids is 1. The Balaban J connectivity index is 1.50. The van der Waals surface area contributed by atoms with Crippen molar-refractivity contribution in [1.29, 1.82) is 0 Å². The van der Waals surface area contributed by atoms with Gasteiger partial charge in [-0.2, -0.15) is 5.10 Å². The van der Waals surface area contributed by atoms with Crippen molar-refractivity contribution in [2.75, 3.05) is 42.9 Å². The Morgan fingerprint density at radius 1 is 1.20 bits per heavy atom. The molecule has 12 heteroatoms. The maximum Gasteiger partial charge on any atom is 0.573 e. The molecule has 0 aliphatic carbocycles. The first-order valence-electron chi connectivity index (χ1n) is 8.97. The van der Waals surface area contributed by atoms with Gasteiger partial charge in [-0.1, -0.05) is 11.6 Å². The first-order chi connectivity index (χ1) is 14.1. The molecule has 30 heavy (non-hydrogen) atoms. The zero-order valence-electron chi connectivity index (χ0n) is 15.9. The van der Waals surface area contributed by atoms with Crippen molar-refractivity contribution in [2.45, 2.75) is 6.36 Å². The molecule has 2 heterocycles. The van der Waals surface area contributed by atoms with Crippen molar-refractivity contribution in [3.05, 3.63) is 45.8 Å². The number of aromatic nitrogens is 2. The number of amides is 1. The summed E-state index contributed by atoms with van der Waals surface area (Å²) in [6.45, 7) is 2.38. The molecule has 1 aliphatic heterocycles. The number of ether oxygens (including phenoxy) is 1. The van der Waals surface area contributed by atoms with E-state index in [9.17, 15) is 22.8 Å². The number of alkyl halides is 3. The van der Waals surface area contributed by atoms with Crippen LogP contribution in [0.5, 0.6) is 5.75 Å². The van der Waals surface area contributed by atoms with Gasteiger partial charge in [0, 0.05) is 38.9 Å². The Morgan fingerprint density at radius 2 is 1.83 bits per heavy atom. The number of nitrogens with zero attached hydrogens (tertiary/aromatic N) is 4. The zero-order chi connectivity index (χ0) is 21.9. The number of piperazine rings is 1. The minimum absolute atomic E-state index is 0.108. The van der Waals surface area contributed by atoms with Gasteiger partial charge in [-0.05, 0) is 24.3 Å². The number of carbonyl (C=O) groups is 1. The van der Waals surface area contributed by atoms with Crippen LogP contribution in [0.1, 0.15) is 0 Å². The molecule has 1 fully saturated rings. The number of aryl methyl sites for hydroxylation is 1. The van der Waals surface area contributed by atoms with Gasteiger partial charge in [0.05, 0.1) is 18.4 Å². The summed E-state index contributed by atoms with van der Waals surface area (Å²) in [6, 6.07) is 4.93. The topological polar surface area (TPSA) is 79.7 Å². The van der Waals surface area contributed by atoms with E-state index < -0.39 is 6.36 Å². The molecule has 0 unspecified atom stereocenters. The molecule has 3 rings (SSSR count). The largest absolute Gasteiger partial charge is 0.573 e. The fourth-order valence-electron chi connectivity index (χ4n) is 3.01. The second kappa shape index (κ2) is 8.92. The highest BCUT2D eigenvalue weighted by Gasteiger charge is 2.31. The standard InChI is InChI=1S/C18H19ClF3N5O3/c1-25-17(29)16(19)14(10-23-25)27-8-6-26(7-9-27)11-15(28)24-12-2-4-13(5-3-12)30-18(20,21)22/h2-5,10H,6-9,11H2,1H3,(H,24,28). The number of anilines is 2. The number of hydrogen-bond acceptors (Lipinski definition) is 6. The van der Waals surface area contributed by atoms with Crippen LogP contribution in [0.3, 0.4) is 0 Å². The van der Waals surface area contributed by atoms with Gasteiger partial charge < -0.3 is 15.0 Å². The zero-order valence-corrected chi connectivity index (χ0v) is 16.7. The lowest BCUT2D eigenvalue weighted by Gasteiger charge is -2.35. The fourth-order valence-corrected chi connectivity index (χ4v) is 3.30. The third-order valence-corrected chi connectivity index (χ3v) is 4.87. The van der Waals surface area contributed by atoms with E-state index in [1.54, 1.807) is 0 Å². The van der Waals surface area contributed by atoms with Crippen LogP contribution in [0.15, 0.2) is 35.3 Å². The van der Waals surface area contributed by atoms with Crippen LogP contribution in [-0.2, 0) is 11.8 Å². The quantitative estimate of drug-likeness (QED) is 0.759. The lowest BCUT2D eigenvalue weighted by Crippen LogP contribution is -2.49. The van der Waals surface area contributed by atoms with Gasteiger partial charge >= 0.3 is 6.36 Å². The van der Waals surface area contributed by atoms with Crippen LogP contribution in [0, 0.1) is 0 Å². The molecule has 8 nitrogen and oxygen atoms in total. The van der Waals surface area contributed by atoms with Gasteiger partial charge in [-0.3, -0.25) is 14.5 Å². The number of hydrogen-bond donors (Lipinski definition) is 1. The predicted octanol–water partition coefficient (Wildman–Crippen LogP) is 2.09. The monoisotopic (exact) mass is 445 g/mol. The summed E-state index contributed by atoms with van der Waals surface area (Å²) >= 11 is 6.13. The molecule has 0 saturated carbocycles. The lowest BCUT2D eigenvalue weighted by atomic mass is 10.2. The van der Waals surface area contributed by atoms with Gasteiger partial charge in [0.15, 0.2) is 0 Å². The van der Waals surface area contributed by atoms with Gasteiger partial charge in [0.1, 0.15) is 10.8 Å². The first kappa shape index (κ1) is 21.9. The SMILES string of the molecule is Cn1ncc(N2CCN(CC(=O)Nc3ccc(OC(F)(F)F)cc3)CC2)c(Cl)c1=O. The number of nitrogens with one attached hydrogen (secondary N) is 1. The molecule has 1 aromatic carbocycles. The molecule has 0 bridgehead atoms. The van der Waals surface area contributed by atoms with Gasteiger partial charge in [-0.25, -0.2) is 4.68 Å². The number of benzene rings is 1. The van der Waals surface area contributed by atoms with Crippen LogP contribution < -0.4 is 20.5 Å². The summed E-state index contributed by atoms with van der Waals surface area (Å²) in [5.41, 5.74) is 0.554. The molecular formula is C18H19ClF3N5O3. The van der Waals surface area contributed by atoms with E-state index >= 15 is 0 Å². The van der Waals surface area contributed by atoms with E-state index in [1.807, 2.05) is 9.80 Å².